The number of carbonyl (C=O) groups excluding carboxylic acids is 3. The van der Waals surface area contributed by atoms with Gasteiger partial charge in [0.25, 0.3) is 0 Å². The number of nitrogens with one attached hydrogen (secondary N) is 1. The van der Waals surface area contributed by atoms with E-state index in [4.69, 9.17) is 0 Å². The Balaban J connectivity index is 3.53. The molecule has 0 rings (SSSR count). The van der Waals surface area contributed by atoms with E-state index in [1.807, 2.05) is 0 Å². The van der Waals surface area contributed by atoms with E-state index in [9.17, 15) is 14.4 Å². The first kappa shape index (κ1) is 9.81. The number of carbonyl (C=O) groups is 3. The first-order valence-corrected chi connectivity index (χ1v) is 3.32. The smallest absolute Gasteiger partial charge is 0.226 e. The molecule has 0 aliphatic heterocycles. The molecule has 0 heterocycles. The number of Topliss-reactive ketones (excluding diaryl/α,β-unsaturated/α-hetero) is 1. The van der Waals surface area contributed by atoms with Gasteiger partial charge in [0.2, 0.25) is 11.8 Å². The maximum Gasteiger partial charge on any atom is 0.226 e. The Labute approximate surface area is 65.0 Å². The first-order valence-electron chi connectivity index (χ1n) is 3.32. The van der Waals surface area contributed by atoms with Crippen LogP contribution in [0, 0.1) is 0 Å². The van der Waals surface area contributed by atoms with Gasteiger partial charge in [0.15, 0.2) is 0 Å². The third-order valence-electron chi connectivity index (χ3n) is 1.02. The van der Waals surface area contributed by atoms with Gasteiger partial charge in [0.05, 0.1) is 0 Å². The molecule has 4 nitrogen and oxygen atoms in total. The average molecular weight is 157 g/mol. The van der Waals surface area contributed by atoms with E-state index in [1.165, 1.54) is 13.8 Å². The standard InChI is InChI=1S/C7H11NO3/c1-5(9)3-4-7(11)8-6(2)10/h3-4H2,1-2H3,(H,8,10,11). The molecule has 0 aliphatic carbocycles. The summed E-state index contributed by atoms with van der Waals surface area (Å²) < 4.78 is 0. The number of ketones is 1. The fourth-order valence-corrected chi connectivity index (χ4v) is 0.548. The lowest BCUT2D eigenvalue weighted by atomic mass is 10.2. The van der Waals surface area contributed by atoms with Crippen LogP contribution >= 0.6 is 0 Å². The summed E-state index contributed by atoms with van der Waals surface area (Å²) in [5.41, 5.74) is 0. The molecular weight excluding hydrogens is 146 g/mol. The molecule has 11 heavy (non-hydrogen) atoms. The van der Waals surface area contributed by atoms with Crippen LogP contribution in [0.25, 0.3) is 0 Å². The summed E-state index contributed by atoms with van der Waals surface area (Å²) in [6.07, 6.45) is 0.286. The van der Waals surface area contributed by atoms with Gasteiger partial charge < -0.3 is 4.79 Å². The Morgan fingerprint density at radius 2 is 1.64 bits per heavy atom. The monoisotopic (exact) mass is 157 g/mol. The highest BCUT2D eigenvalue weighted by Gasteiger charge is 2.03. The van der Waals surface area contributed by atoms with E-state index >= 15 is 0 Å². The molecule has 0 saturated heterocycles. The Morgan fingerprint density at radius 3 is 2.00 bits per heavy atom. The van der Waals surface area contributed by atoms with Crippen LogP contribution in [0.1, 0.15) is 26.7 Å². The largest absolute Gasteiger partial charge is 0.300 e. The van der Waals surface area contributed by atoms with Crippen LogP contribution in [0.2, 0.25) is 0 Å². The Bertz CT molecular complexity index is 186. The maximum absolute atomic E-state index is 10.7. The molecule has 0 radical (unpaired) electrons. The van der Waals surface area contributed by atoms with Gasteiger partial charge in [-0.2, -0.15) is 0 Å². The van der Waals surface area contributed by atoms with E-state index in [0.29, 0.717) is 0 Å². The molecule has 0 unspecified atom stereocenters. The van der Waals surface area contributed by atoms with Gasteiger partial charge in [-0.25, -0.2) is 0 Å². The highest BCUT2D eigenvalue weighted by molar-refractivity contribution is 5.95. The van der Waals surface area contributed by atoms with Crippen molar-refractivity contribution >= 4 is 17.6 Å². The van der Waals surface area contributed by atoms with Crippen molar-refractivity contribution < 1.29 is 14.4 Å². The van der Waals surface area contributed by atoms with Crippen molar-refractivity contribution in [2.45, 2.75) is 26.7 Å². The summed E-state index contributed by atoms with van der Waals surface area (Å²) in [7, 11) is 0. The summed E-state index contributed by atoms with van der Waals surface area (Å²) in [6.45, 7) is 2.66. The lowest BCUT2D eigenvalue weighted by Crippen LogP contribution is -2.27. The molecule has 0 aliphatic rings. The average Bonchev–Trinajstić information content (AvgIpc) is 1.82. The third kappa shape index (κ3) is 6.70. The molecule has 0 aromatic carbocycles. The van der Waals surface area contributed by atoms with Crippen molar-refractivity contribution in [3.8, 4) is 0 Å². The zero-order chi connectivity index (χ0) is 8.85. The van der Waals surface area contributed by atoms with Crippen LogP contribution in [0.5, 0.6) is 0 Å². The third-order valence-corrected chi connectivity index (χ3v) is 1.02. The first-order chi connectivity index (χ1) is 5.02. The van der Waals surface area contributed by atoms with Crippen molar-refractivity contribution in [1.82, 2.24) is 5.32 Å². The van der Waals surface area contributed by atoms with E-state index < -0.39 is 11.8 Å². The molecule has 0 spiro atoms. The number of hydrogen-bond donors (Lipinski definition) is 1. The summed E-state index contributed by atoms with van der Waals surface area (Å²) >= 11 is 0. The zero-order valence-electron chi connectivity index (χ0n) is 6.64. The van der Waals surface area contributed by atoms with Gasteiger partial charge in [-0.1, -0.05) is 0 Å². The molecule has 2 amide bonds. The normalized spacial score (nSPS) is 8.91. The fourth-order valence-electron chi connectivity index (χ4n) is 0.548. The van der Waals surface area contributed by atoms with Gasteiger partial charge in [-0.05, 0) is 6.92 Å². The van der Waals surface area contributed by atoms with Gasteiger partial charge in [0, 0.05) is 19.8 Å². The van der Waals surface area contributed by atoms with E-state index in [2.05, 4.69) is 5.32 Å². The quantitative estimate of drug-likeness (QED) is 0.628. The molecule has 4 heteroatoms. The van der Waals surface area contributed by atoms with E-state index in [-0.39, 0.29) is 18.6 Å². The number of amides is 2. The van der Waals surface area contributed by atoms with Crippen LogP contribution < -0.4 is 5.32 Å². The molecule has 0 aromatic heterocycles. The van der Waals surface area contributed by atoms with Crippen molar-refractivity contribution in [2.75, 3.05) is 0 Å². The van der Waals surface area contributed by atoms with Crippen molar-refractivity contribution in [1.29, 1.82) is 0 Å². The minimum absolute atomic E-state index is 0.0521. The molecule has 0 fully saturated rings. The Kier molecular flexibility index (Phi) is 4.10. The van der Waals surface area contributed by atoms with Gasteiger partial charge in [-0.15, -0.1) is 0 Å². The van der Waals surface area contributed by atoms with Gasteiger partial charge in [-0.3, -0.25) is 14.9 Å². The van der Waals surface area contributed by atoms with Crippen LogP contribution in [-0.4, -0.2) is 17.6 Å². The van der Waals surface area contributed by atoms with Crippen molar-refractivity contribution in [2.24, 2.45) is 0 Å². The van der Waals surface area contributed by atoms with E-state index in [1.54, 1.807) is 0 Å². The summed E-state index contributed by atoms with van der Waals surface area (Å²) in [4.78, 5) is 31.3. The van der Waals surface area contributed by atoms with Crippen LogP contribution in [0.4, 0.5) is 0 Å². The second-order valence-corrected chi connectivity index (χ2v) is 2.31. The van der Waals surface area contributed by atoms with E-state index in [0.717, 1.165) is 0 Å². The van der Waals surface area contributed by atoms with Crippen LogP contribution in [0.15, 0.2) is 0 Å². The molecule has 1 N–H and O–H groups in total. The van der Waals surface area contributed by atoms with Crippen LogP contribution in [0.3, 0.4) is 0 Å². The second-order valence-electron chi connectivity index (χ2n) is 2.31. The maximum atomic E-state index is 10.7. The molecule has 62 valence electrons. The SMILES string of the molecule is CC(=O)CCC(=O)NC(C)=O. The number of hydrogen-bond acceptors (Lipinski definition) is 3. The summed E-state index contributed by atoms with van der Waals surface area (Å²) in [6, 6.07) is 0. The topological polar surface area (TPSA) is 63.2 Å². The predicted molar refractivity (Wildman–Crippen MR) is 38.7 cm³/mol. The molecular formula is C7H11NO3. The lowest BCUT2D eigenvalue weighted by Gasteiger charge is -1.97. The predicted octanol–water partition coefficient (Wildman–Crippen LogP) is 0.0183. The Morgan fingerprint density at radius 1 is 1.09 bits per heavy atom. The minimum Gasteiger partial charge on any atom is -0.300 e. The lowest BCUT2D eigenvalue weighted by molar-refractivity contribution is -0.130. The second kappa shape index (κ2) is 4.60. The highest BCUT2D eigenvalue weighted by atomic mass is 16.2. The Hall–Kier alpha value is -1.19. The number of rotatable bonds is 3. The van der Waals surface area contributed by atoms with Gasteiger partial charge in [0.1, 0.15) is 5.78 Å². The molecule has 0 bridgehead atoms. The fraction of sp³-hybridized carbons (Fsp3) is 0.571. The highest BCUT2D eigenvalue weighted by Crippen LogP contribution is 1.89. The van der Waals surface area contributed by atoms with Crippen molar-refractivity contribution in [3.63, 3.8) is 0 Å². The minimum atomic E-state index is -0.396. The summed E-state index contributed by atoms with van der Waals surface area (Å²) in [5, 5.41) is 2.07. The molecule has 0 atom stereocenters. The molecule has 0 aromatic rings. The number of imide groups is 1. The summed E-state index contributed by atoms with van der Waals surface area (Å²) in [5.74, 6) is -0.838. The van der Waals surface area contributed by atoms with Crippen molar-refractivity contribution in [3.05, 3.63) is 0 Å². The molecule has 0 saturated carbocycles. The van der Waals surface area contributed by atoms with Crippen LogP contribution in [-0.2, 0) is 14.4 Å². The zero-order valence-corrected chi connectivity index (χ0v) is 6.64. The van der Waals surface area contributed by atoms with Gasteiger partial charge >= 0.3 is 0 Å².